The van der Waals surface area contributed by atoms with Crippen LogP contribution >= 0.6 is 0 Å². The summed E-state index contributed by atoms with van der Waals surface area (Å²) in [6, 6.07) is 6.58. The first-order valence-corrected chi connectivity index (χ1v) is 6.29. The van der Waals surface area contributed by atoms with Crippen molar-refractivity contribution in [3.8, 4) is 5.75 Å². The molecule has 1 saturated heterocycles. The number of hydrazine groups is 1. The van der Waals surface area contributed by atoms with Gasteiger partial charge in [-0.1, -0.05) is 12.1 Å². The monoisotopic (exact) mass is 272 g/mol. The maximum Gasteiger partial charge on any atom is 0.387 e. The number of benzene rings is 1. The zero-order chi connectivity index (χ0) is 13.7. The lowest BCUT2D eigenvalue weighted by Gasteiger charge is -2.30. The molecule has 0 aliphatic carbocycles. The van der Waals surface area contributed by atoms with E-state index in [4.69, 9.17) is 10.6 Å². The first kappa shape index (κ1) is 14.2. The molecule has 1 aliphatic heterocycles. The summed E-state index contributed by atoms with van der Waals surface area (Å²) < 4.78 is 34.1. The maximum atomic E-state index is 12.2. The zero-order valence-corrected chi connectivity index (χ0v) is 10.5. The van der Waals surface area contributed by atoms with E-state index in [0.29, 0.717) is 19.1 Å². The van der Waals surface area contributed by atoms with Gasteiger partial charge in [0.05, 0.1) is 0 Å². The SMILES string of the molecule is NNC(c1cccc(OC(F)F)c1)C1CCOCC1. The van der Waals surface area contributed by atoms with Crippen molar-refractivity contribution in [1.29, 1.82) is 0 Å². The van der Waals surface area contributed by atoms with Crippen LogP contribution in [0.25, 0.3) is 0 Å². The lowest BCUT2D eigenvalue weighted by atomic mass is 9.87. The molecule has 2 rings (SSSR count). The van der Waals surface area contributed by atoms with Crippen molar-refractivity contribution in [2.75, 3.05) is 13.2 Å². The second-order valence-electron chi connectivity index (χ2n) is 4.55. The van der Waals surface area contributed by atoms with Crippen molar-refractivity contribution in [2.24, 2.45) is 11.8 Å². The van der Waals surface area contributed by atoms with Gasteiger partial charge in [0.1, 0.15) is 5.75 Å². The van der Waals surface area contributed by atoms with E-state index in [1.807, 2.05) is 6.07 Å². The van der Waals surface area contributed by atoms with Crippen LogP contribution in [0.15, 0.2) is 24.3 Å². The molecule has 1 fully saturated rings. The van der Waals surface area contributed by atoms with Crippen molar-refractivity contribution < 1.29 is 18.3 Å². The van der Waals surface area contributed by atoms with Gasteiger partial charge in [-0.05, 0) is 36.5 Å². The van der Waals surface area contributed by atoms with E-state index in [-0.39, 0.29) is 11.8 Å². The van der Waals surface area contributed by atoms with E-state index in [9.17, 15) is 8.78 Å². The fraction of sp³-hybridized carbons (Fsp3) is 0.538. The van der Waals surface area contributed by atoms with Crippen molar-refractivity contribution in [2.45, 2.75) is 25.5 Å². The number of alkyl halides is 2. The number of ether oxygens (including phenoxy) is 2. The minimum Gasteiger partial charge on any atom is -0.435 e. The van der Waals surface area contributed by atoms with Gasteiger partial charge in [0.15, 0.2) is 0 Å². The molecule has 0 aromatic heterocycles. The lowest BCUT2D eigenvalue weighted by molar-refractivity contribution is -0.0499. The van der Waals surface area contributed by atoms with Crippen LogP contribution < -0.4 is 16.0 Å². The normalized spacial score (nSPS) is 18.5. The molecule has 0 amide bonds. The van der Waals surface area contributed by atoms with Crippen LogP contribution in [0.4, 0.5) is 8.78 Å². The highest BCUT2D eigenvalue weighted by Crippen LogP contribution is 2.31. The summed E-state index contributed by atoms with van der Waals surface area (Å²) in [5, 5.41) is 0. The quantitative estimate of drug-likeness (QED) is 0.637. The molecule has 1 unspecified atom stereocenters. The summed E-state index contributed by atoms with van der Waals surface area (Å²) in [5.41, 5.74) is 3.62. The van der Waals surface area contributed by atoms with Crippen LogP contribution in [0, 0.1) is 5.92 Å². The molecule has 1 aromatic rings. The lowest BCUT2D eigenvalue weighted by Crippen LogP contribution is -2.36. The molecule has 1 aromatic carbocycles. The standard InChI is InChI=1S/C13H18F2N2O2/c14-13(15)19-11-3-1-2-10(8-11)12(17-16)9-4-6-18-7-5-9/h1-3,8-9,12-13,17H,4-7,16H2. The van der Waals surface area contributed by atoms with Crippen LogP contribution in [0.3, 0.4) is 0 Å². The molecule has 19 heavy (non-hydrogen) atoms. The molecule has 0 spiro atoms. The van der Waals surface area contributed by atoms with Gasteiger partial charge in [0.25, 0.3) is 0 Å². The average molecular weight is 272 g/mol. The van der Waals surface area contributed by atoms with E-state index in [1.54, 1.807) is 12.1 Å². The Labute approximate surface area is 110 Å². The summed E-state index contributed by atoms with van der Waals surface area (Å²) in [5.74, 6) is 6.09. The largest absolute Gasteiger partial charge is 0.435 e. The summed E-state index contributed by atoms with van der Waals surface area (Å²) in [7, 11) is 0. The first-order valence-electron chi connectivity index (χ1n) is 6.29. The molecule has 1 atom stereocenters. The van der Waals surface area contributed by atoms with Gasteiger partial charge < -0.3 is 9.47 Å². The predicted molar refractivity (Wildman–Crippen MR) is 66.7 cm³/mol. The summed E-state index contributed by atoms with van der Waals surface area (Å²) in [6.45, 7) is -1.41. The van der Waals surface area contributed by atoms with Gasteiger partial charge in [0.2, 0.25) is 0 Å². The first-order chi connectivity index (χ1) is 9.20. The Balaban J connectivity index is 2.12. The fourth-order valence-corrected chi connectivity index (χ4v) is 2.44. The van der Waals surface area contributed by atoms with Gasteiger partial charge in [-0.25, -0.2) is 0 Å². The third-order valence-corrected chi connectivity index (χ3v) is 3.36. The molecule has 0 saturated carbocycles. The molecule has 4 nitrogen and oxygen atoms in total. The van der Waals surface area contributed by atoms with E-state index < -0.39 is 6.61 Å². The second-order valence-corrected chi connectivity index (χ2v) is 4.55. The van der Waals surface area contributed by atoms with E-state index >= 15 is 0 Å². The van der Waals surface area contributed by atoms with E-state index in [0.717, 1.165) is 18.4 Å². The third-order valence-electron chi connectivity index (χ3n) is 3.36. The summed E-state index contributed by atoms with van der Waals surface area (Å²) >= 11 is 0. The number of nitrogens with one attached hydrogen (secondary N) is 1. The minimum atomic E-state index is -2.82. The van der Waals surface area contributed by atoms with Crippen LogP contribution in [-0.4, -0.2) is 19.8 Å². The molecular weight excluding hydrogens is 254 g/mol. The number of hydrogen-bond donors (Lipinski definition) is 2. The number of rotatable bonds is 5. The number of halogens is 2. The van der Waals surface area contributed by atoms with Crippen LogP contribution in [0.5, 0.6) is 5.75 Å². The maximum absolute atomic E-state index is 12.2. The molecule has 0 radical (unpaired) electrons. The van der Waals surface area contributed by atoms with Gasteiger partial charge in [0, 0.05) is 19.3 Å². The van der Waals surface area contributed by atoms with Crippen LogP contribution in [0.2, 0.25) is 0 Å². The predicted octanol–water partition coefficient (Wildman–Crippen LogP) is 2.22. The number of nitrogens with two attached hydrogens (primary N) is 1. The minimum absolute atomic E-state index is 0.0786. The molecule has 6 heteroatoms. The Bertz CT molecular complexity index is 398. The topological polar surface area (TPSA) is 56.5 Å². The molecule has 1 aliphatic rings. The molecule has 0 bridgehead atoms. The van der Waals surface area contributed by atoms with Gasteiger partial charge in [-0.2, -0.15) is 8.78 Å². The Kier molecular flexibility index (Phi) is 5.07. The fourth-order valence-electron chi connectivity index (χ4n) is 2.44. The van der Waals surface area contributed by atoms with Crippen molar-refractivity contribution in [3.63, 3.8) is 0 Å². The van der Waals surface area contributed by atoms with E-state index in [1.165, 1.54) is 6.07 Å². The van der Waals surface area contributed by atoms with Crippen molar-refractivity contribution >= 4 is 0 Å². The van der Waals surface area contributed by atoms with Gasteiger partial charge in [-0.3, -0.25) is 11.3 Å². The van der Waals surface area contributed by atoms with E-state index in [2.05, 4.69) is 10.2 Å². The van der Waals surface area contributed by atoms with Gasteiger partial charge in [-0.15, -0.1) is 0 Å². The third kappa shape index (κ3) is 3.86. The summed E-state index contributed by atoms with van der Waals surface area (Å²) in [6.07, 6.45) is 1.80. The highest BCUT2D eigenvalue weighted by molar-refractivity contribution is 5.31. The highest BCUT2D eigenvalue weighted by atomic mass is 19.3. The Morgan fingerprint density at radius 2 is 2.05 bits per heavy atom. The second kappa shape index (κ2) is 6.79. The zero-order valence-electron chi connectivity index (χ0n) is 10.5. The average Bonchev–Trinajstić information content (AvgIpc) is 2.40. The Hall–Kier alpha value is -1.24. The highest BCUT2D eigenvalue weighted by Gasteiger charge is 2.24. The van der Waals surface area contributed by atoms with Crippen molar-refractivity contribution in [1.82, 2.24) is 5.43 Å². The summed E-state index contributed by atoms with van der Waals surface area (Å²) in [4.78, 5) is 0. The smallest absolute Gasteiger partial charge is 0.387 e. The van der Waals surface area contributed by atoms with Crippen LogP contribution in [0.1, 0.15) is 24.4 Å². The Morgan fingerprint density at radius 1 is 1.32 bits per heavy atom. The van der Waals surface area contributed by atoms with Crippen LogP contribution in [-0.2, 0) is 4.74 Å². The van der Waals surface area contributed by atoms with Gasteiger partial charge >= 0.3 is 6.61 Å². The Morgan fingerprint density at radius 3 is 2.68 bits per heavy atom. The molecular formula is C13H18F2N2O2. The number of hydrogen-bond acceptors (Lipinski definition) is 4. The molecule has 3 N–H and O–H groups in total. The molecule has 106 valence electrons. The van der Waals surface area contributed by atoms with Crippen molar-refractivity contribution in [3.05, 3.63) is 29.8 Å². The molecule has 1 heterocycles.